The molecule has 0 bridgehead atoms. The molecule has 0 amide bonds. The molecule has 0 unspecified atom stereocenters. The van der Waals surface area contributed by atoms with Crippen molar-refractivity contribution in [3.63, 3.8) is 0 Å². The van der Waals surface area contributed by atoms with Crippen LogP contribution in [-0.2, 0) is 9.53 Å². The van der Waals surface area contributed by atoms with Crippen molar-refractivity contribution in [3.8, 4) is 0 Å². The van der Waals surface area contributed by atoms with Crippen molar-refractivity contribution in [1.29, 1.82) is 0 Å². The summed E-state index contributed by atoms with van der Waals surface area (Å²) in [5.41, 5.74) is -4.57. The summed E-state index contributed by atoms with van der Waals surface area (Å²) in [6, 6.07) is 0. The Labute approximate surface area is 186 Å². The van der Waals surface area contributed by atoms with Crippen LogP contribution in [-0.4, -0.2) is 29.5 Å². The molecule has 0 rings (SSSR count). The quantitative estimate of drug-likeness (QED) is 0.126. The zero-order valence-corrected chi connectivity index (χ0v) is 19.6. The highest BCUT2D eigenvalue weighted by molar-refractivity contribution is 7.55. The minimum Gasteiger partial charge on any atom is -0.683 e. The summed E-state index contributed by atoms with van der Waals surface area (Å²) in [5, 5.41) is 9.34. The first kappa shape index (κ1) is 30.3. The molecule has 31 heavy (non-hydrogen) atoms. The normalized spacial score (nSPS) is 13.6. The summed E-state index contributed by atoms with van der Waals surface area (Å²) in [6.45, 7) is 1.46. The molecule has 0 aliphatic carbocycles. The molecular formula is C22H39F2O6P-2. The maximum Gasteiger partial charge on any atom is 0.339 e. The monoisotopic (exact) mass is 468 g/mol. The van der Waals surface area contributed by atoms with Gasteiger partial charge in [0.25, 0.3) is 0 Å². The smallest absolute Gasteiger partial charge is 0.339 e. The van der Waals surface area contributed by atoms with Crippen LogP contribution in [0.2, 0.25) is 0 Å². The molecule has 1 atom stereocenters. The number of carbonyl (C=O) groups excluding carboxylic acids is 1. The van der Waals surface area contributed by atoms with E-state index in [1.54, 1.807) is 0 Å². The van der Waals surface area contributed by atoms with Gasteiger partial charge in [0.15, 0.2) is 0 Å². The van der Waals surface area contributed by atoms with Crippen LogP contribution in [0.3, 0.4) is 0 Å². The van der Waals surface area contributed by atoms with Gasteiger partial charge in [-0.1, -0.05) is 78.4 Å². The third kappa shape index (κ3) is 17.6. The van der Waals surface area contributed by atoms with E-state index in [9.17, 15) is 33.4 Å². The van der Waals surface area contributed by atoms with Crippen LogP contribution in [0.4, 0.5) is 8.78 Å². The van der Waals surface area contributed by atoms with Crippen molar-refractivity contribution in [3.05, 3.63) is 12.2 Å². The van der Waals surface area contributed by atoms with Gasteiger partial charge in [-0.2, -0.15) is 8.78 Å². The van der Waals surface area contributed by atoms with Crippen LogP contribution in [0.15, 0.2) is 12.2 Å². The predicted molar refractivity (Wildman–Crippen MR) is 113 cm³/mol. The number of ether oxygens (including phenoxy) is 1. The molecule has 6 nitrogen and oxygen atoms in total. The highest BCUT2D eigenvalue weighted by Crippen LogP contribution is 2.51. The van der Waals surface area contributed by atoms with Crippen molar-refractivity contribution < 1.29 is 38.1 Å². The molecule has 0 saturated carbocycles. The van der Waals surface area contributed by atoms with Crippen molar-refractivity contribution in [2.45, 2.75) is 115 Å². The van der Waals surface area contributed by atoms with Crippen LogP contribution in [0.1, 0.15) is 103 Å². The first-order chi connectivity index (χ1) is 14.6. The van der Waals surface area contributed by atoms with Gasteiger partial charge in [-0.3, -0.25) is 4.79 Å². The summed E-state index contributed by atoms with van der Waals surface area (Å²) >= 11 is 0. The lowest BCUT2D eigenvalue weighted by Crippen LogP contribution is -2.47. The summed E-state index contributed by atoms with van der Waals surface area (Å²) in [5.74, 6) is -0.646. The topological polar surface area (TPSA) is 116 Å². The Kier molecular flexibility index (Phi) is 17.5. The van der Waals surface area contributed by atoms with Crippen molar-refractivity contribution >= 4 is 13.9 Å². The van der Waals surface area contributed by atoms with E-state index in [1.165, 1.54) is 38.5 Å². The average Bonchev–Trinajstić information content (AvgIpc) is 2.68. The molecule has 0 spiro atoms. The number of unbranched alkanes of at least 4 members (excludes halogenated alkanes) is 11. The van der Waals surface area contributed by atoms with Crippen LogP contribution < -0.4 is 14.7 Å². The Morgan fingerprint density at radius 1 is 0.935 bits per heavy atom. The van der Waals surface area contributed by atoms with E-state index in [-0.39, 0.29) is 6.42 Å². The van der Waals surface area contributed by atoms with E-state index in [4.69, 9.17) is 0 Å². The van der Waals surface area contributed by atoms with E-state index < -0.39 is 38.7 Å². The van der Waals surface area contributed by atoms with Gasteiger partial charge in [-0.15, -0.1) is 0 Å². The van der Waals surface area contributed by atoms with Crippen LogP contribution in [0.25, 0.3) is 0 Å². The minimum absolute atomic E-state index is 0.100. The fourth-order valence-electron chi connectivity index (χ4n) is 3.06. The van der Waals surface area contributed by atoms with E-state index in [0.29, 0.717) is 6.42 Å². The van der Waals surface area contributed by atoms with E-state index >= 15 is 0 Å². The summed E-state index contributed by atoms with van der Waals surface area (Å²) in [7, 11) is -6.15. The summed E-state index contributed by atoms with van der Waals surface area (Å²) < 4.78 is 30.7. The molecule has 0 saturated heterocycles. The zero-order valence-electron chi connectivity index (χ0n) is 18.7. The lowest BCUT2D eigenvalue weighted by atomic mass is 10.1. The Morgan fingerprint density at radius 3 is 1.94 bits per heavy atom. The summed E-state index contributed by atoms with van der Waals surface area (Å²) in [4.78, 5) is 42.7. The number of alkyl halides is 2. The molecule has 0 aromatic heterocycles. The lowest BCUT2D eigenvalue weighted by molar-refractivity contribution is -0.447. The Balaban J connectivity index is 3.55. The molecule has 9 heteroatoms. The Morgan fingerprint density at radius 2 is 1.42 bits per heavy atom. The van der Waals surface area contributed by atoms with Crippen LogP contribution >= 0.6 is 7.94 Å². The molecule has 184 valence electrons. The van der Waals surface area contributed by atoms with E-state index in [2.05, 4.69) is 23.8 Å². The van der Waals surface area contributed by atoms with Gasteiger partial charge < -0.3 is 24.5 Å². The third-order valence-corrected chi connectivity index (χ3v) is 5.95. The van der Waals surface area contributed by atoms with Crippen molar-refractivity contribution in [2.24, 2.45) is 0 Å². The molecule has 0 fully saturated rings. The van der Waals surface area contributed by atoms with Gasteiger partial charge in [0.2, 0.25) is 0 Å². The van der Waals surface area contributed by atoms with Gasteiger partial charge >= 0.3 is 11.6 Å². The molecule has 1 N–H and O–H groups in total. The fourth-order valence-corrected chi connectivity index (χ4v) is 3.49. The SMILES string of the molecule is CCCCCCCC/C=C\CCCCCCCC(=O)OC[C@@H](O)CC(F)(F)[P+]([O-])([O-])[O-]. The molecule has 0 aromatic rings. The fraction of sp³-hybridized carbons (Fsp3) is 0.864. The lowest BCUT2D eigenvalue weighted by Gasteiger charge is -2.47. The molecule has 0 radical (unpaired) electrons. The highest BCUT2D eigenvalue weighted by atomic mass is 31.2. The van der Waals surface area contributed by atoms with Gasteiger partial charge in [-0.25, -0.2) is 0 Å². The second kappa shape index (κ2) is 17.8. The molecule has 0 aromatic carbocycles. The molecular weight excluding hydrogens is 429 g/mol. The maximum atomic E-state index is 13.0. The minimum atomic E-state index is -6.15. The number of halogens is 2. The second-order valence-electron chi connectivity index (χ2n) is 8.04. The number of aliphatic hydroxyl groups is 1. The van der Waals surface area contributed by atoms with E-state index in [0.717, 1.165) is 38.5 Å². The number of aliphatic hydroxyl groups excluding tert-OH is 1. The largest absolute Gasteiger partial charge is 0.683 e. The number of rotatable bonds is 20. The highest BCUT2D eigenvalue weighted by Gasteiger charge is 2.41. The van der Waals surface area contributed by atoms with Crippen molar-refractivity contribution in [1.82, 2.24) is 0 Å². The molecule has 0 aliphatic heterocycles. The molecule has 0 heterocycles. The van der Waals surface area contributed by atoms with Gasteiger partial charge in [-0.05, 0) is 32.1 Å². The van der Waals surface area contributed by atoms with Crippen LogP contribution in [0, 0.1) is 0 Å². The predicted octanol–water partition coefficient (Wildman–Crippen LogP) is 3.75. The van der Waals surface area contributed by atoms with E-state index in [1.807, 2.05) is 0 Å². The summed E-state index contributed by atoms with van der Waals surface area (Å²) in [6.07, 6.45) is 15.7. The second-order valence-corrected chi connectivity index (χ2v) is 9.69. The number of carbonyl (C=O) groups is 1. The Bertz CT molecular complexity index is 483. The zero-order chi connectivity index (χ0) is 23.6. The van der Waals surface area contributed by atoms with Crippen LogP contribution in [0.5, 0.6) is 0 Å². The number of hydrogen-bond acceptors (Lipinski definition) is 6. The Hall–Kier alpha value is -0.660. The maximum absolute atomic E-state index is 13.0. The first-order valence-electron chi connectivity index (χ1n) is 11.5. The molecule has 0 aliphatic rings. The number of allylic oxidation sites excluding steroid dienone is 2. The average molecular weight is 469 g/mol. The van der Waals surface area contributed by atoms with Gasteiger partial charge in [0.1, 0.15) is 6.61 Å². The third-order valence-electron chi connectivity index (χ3n) is 4.96. The van der Waals surface area contributed by atoms with Gasteiger partial charge in [0.05, 0.1) is 12.5 Å². The number of hydrogen-bond donors (Lipinski definition) is 1. The van der Waals surface area contributed by atoms with Crippen molar-refractivity contribution in [2.75, 3.05) is 6.61 Å². The number of esters is 1. The van der Waals surface area contributed by atoms with Gasteiger partial charge in [0, 0.05) is 6.42 Å². The standard InChI is InChI=1S/C22H41F2O6P/c1-2-3-4-5-6-7-8-9-10-11-12-13-14-15-16-17-21(26)30-19-20(25)18-22(23,24)31(27,28)29/h9-10,20,25H,2-8,11-19H2,1H3,(H2,27,28,29)/p-2/b10-9-/t20-/m0/s1. The first-order valence-corrected chi connectivity index (χ1v) is 13.0.